The minimum Gasteiger partial charge on any atom is -0.308 e. The van der Waals surface area contributed by atoms with Crippen LogP contribution >= 0.6 is 23.2 Å². The molecule has 0 spiro atoms. The van der Waals surface area contributed by atoms with Gasteiger partial charge in [-0.3, -0.25) is 0 Å². The average Bonchev–Trinajstić information content (AvgIpc) is 2.21. The van der Waals surface area contributed by atoms with Gasteiger partial charge in [-0.2, -0.15) is 0 Å². The Balaban J connectivity index is 2.78. The lowest BCUT2D eigenvalue weighted by Gasteiger charge is -2.22. The summed E-state index contributed by atoms with van der Waals surface area (Å²) in [7, 11) is 0. The molecule has 1 nitrogen and oxygen atoms in total. The topological polar surface area (TPSA) is 12.0 Å². The molecular weight excluding hydrogens is 272 g/mol. The lowest BCUT2D eigenvalue weighted by Crippen LogP contribution is -2.30. The van der Waals surface area contributed by atoms with Gasteiger partial charge in [0.25, 0.3) is 0 Å². The lowest BCUT2D eigenvalue weighted by atomic mass is 10.0. The first-order valence-corrected chi connectivity index (χ1v) is 6.97. The Kier molecular flexibility index (Phi) is 5.90. The van der Waals surface area contributed by atoms with E-state index in [0.717, 1.165) is 12.0 Å². The zero-order valence-corrected chi connectivity index (χ0v) is 12.7. The molecule has 1 N–H and O–H groups in total. The van der Waals surface area contributed by atoms with Crippen LogP contribution in [0.15, 0.2) is 12.1 Å². The fourth-order valence-corrected chi connectivity index (χ4v) is 2.71. The van der Waals surface area contributed by atoms with Gasteiger partial charge in [-0.1, -0.05) is 37.0 Å². The molecule has 0 bridgehead atoms. The van der Waals surface area contributed by atoms with Crippen LogP contribution in [0.5, 0.6) is 0 Å². The van der Waals surface area contributed by atoms with Gasteiger partial charge in [0.05, 0.1) is 5.02 Å². The van der Waals surface area contributed by atoms with Gasteiger partial charge < -0.3 is 5.32 Å². The molecule has 0 amide bonds. The quantitative estimate of drug-likeness (QED) is 0.734. The molecule has 0 saturated carbocycles. The van der Waals surface area contributed by atoms with Crippen LogP contribution in [-0.2, 0) is 0 Å². The zero-order chi connectivity index (χ0) is 13.9. The largest absolute Gasteiger partial charge is 0.308 e. The summed E-state index contributed by atoms with van der Waals surface area (Å²) >= 11 is 11.8. The van der Waals surface area contributed by atoms with Crippen LogP contribution < -0.4 is 5.32 Å². The highest BCUT2D eigenvalue weighted by Crippen LogP contribution is 2.29. The fourth-order valence-electron chi connectivity index (χ4n) is 2.16. The highest BCUT2D eigenvalue weighted by molar-refractivity contribution is 6.35. The van der Waals surface area contributed by atoms with E-state index >= 15 is 0 Å². The lowest BCUT2D eigenvalue weighted by molar-refractivity contribution is 0.406. The molecule has 1 aromatic rings. The van der Waals surface area contributed by atoms with Crippen molar-refractivity contribution in [3.05, 3.63) is 33.6 Å². The first kappa shape index (κ1) is 15.7. The van der Waals surface area contributed by atoms with Gasteiger partial charge in [0.2, 0.25) is 0 Å². The van der Waals surface area contributed by atoms with Gasteiger partial charge in [-0.15, -0.1) is 0 Å². The molecule has 0 radical (unpaired) electrons. The number of nitrogens with one attached hydrogen (secondary N) is 1. The molecule has 102 valence electrons. The molecule has 18 heavy (non-hydrogen) atoms. The van der Waals surface area contributed by atoms with Gasteiger partial charge in [0, 0.05) is 17.1 Å². The van der Waals surface area contributed by atoms with Crippen molar-refractivity contribution in [3.8, 4) is 0 Å². The van der Waals surface area contributed by atoms with Crippen molar-refractivity contribution in [1.82, 2.24) is 5.32 Å². The minimum absolute atomic E-state index is 0.00184. The van der Waals surface area contributed by atoms with E-state index < -0.39 is 5.82 Å². The second-order valence-electron chi connectivity index (χ2n) is 5.21. The third-order valence-electron chi connectivity index (χ3n) is 2.87. The standard InChI is InChI=1S/C14H20Cl2FN/c1-8(2)5-9(3)18-10(4)11-6-14(17)13(16)7-12(11)15/h6-10,18H,5H2,1-4H3. The second-order valence-corrected chi connectivity index (χ2v) is 6.02. The molecule has 2 atom stereocenters. The van der Waals surface area contributed by atoms with Gasteiger partial charge in [-0.05, 0) is 43.9 Å². The van der Waals surface area contributed by atoms with Crippen LogP contribution in [0.2, 0.25) is 10.0 Å². The van der Waals surface area contributed by atoms with Crippen LogP contribution in [0, 0.1) is 11.7 Å². The Hall–Kier alpha value is -0.310. The molecule has 0 fully saturated rings. The van der Waals surface area contributed by atoms with Crippen LogP contribution in [0.3, 0.4) is 0 Å². The zero-order valence-electron chi connectivity index (χ0n) is 11.2. The maximum atomic E-state index is 13.4. The van der Waals surface area contributed by atoms with Crippen LogP contribution in [0.1, 0.15) is 45.7 Å². The summed E-state index contributed by atoms with van der Waals surface area (Å²) in [5.41, 5.74) is 0.745. The summed E-state index contributed by atoms with van der Waals surface area (Å²) in [6, 6.07) is 3.22. The molecule has 2 unspecified atom stereocenters. The predicted octanol–water partition coefficient (Wildman–Crippen LogP) is 5.22. The van der Waals surface area contributed by atoms with E-state index in [0.29, 0.717) is 17.0 Å². The van der Waals surface area contributed by atoms with Crippen molar-refractivity contribution < 1.29 is 4.39 Å². The first-order chi connectivity index (χ1) is 8.31. The monoisotopic (exact) mass is 291 g/mol. The normalized spacial score (nSPS) is 14.9. The van der Waals surface area contributed by atoms with E-state index in [1.54, 1.807) is 0 Å². The Morgan fingerprint density at radius 3 is 2.28 bits per heavy atom. The molecule has 1 rings (SSSR count). The van der Waals surface area contributed by atoms with Gasteiger partial charge in [0.15, 0.2) is 0 Å². The SMILES string of the molecule is CC(C)CC(C)NC(C)c1cc(F)c(Cl)cc1Cl. The van der Waals surface area contributed by atoms with E-state index in [4.69, 9.17) is 23.2 Å². The number of halogens is 3. The molecule has 0 aliphatic heterocycles. The molecule has 4 heteroatoms. The first-order valence-electron chi connectivity index (χ1n) is 6.21. The number of hydrogen-bond acceptors (Lipinski definition) is 1. The molecule has 1 aromatic carbocycles. The summed E-state index contributed by atoms with van der Waals surface area (Å²) in [5.74, 6) is 0.193. The Morgan fingerprint density at radius 2 is 1.72 bits per heavy atom. The second kappa shape index (κ2) is 6.74. The van der Waals surface area contributed by atoms with Crippen molar-refractivity contribution in [2.45, 2.75) is 46.2 Å². The molecule has 0 aliphatic carbocycles. The van der Waals surface area contributed by atoms with E-state index in [2.05, 4.69) is 26.1 Å². The van der Waals surface area contributed by atoms with Crippen molar-refractivity contribution >= 4 is 23.2 Å². The summed E-state index contributed by atoms with van der Waals surface area (Å²) < 4.78 is 13.4. The summed E-state index contributed by atoms with van der Waals surface area (Å²) in [6.07, 6.45) is 1.07. The minimum atomic E-state index is -0.429. The van der Waals surface area contributed by atoms with Crippen molar-refractivity contribution in [2.24, 2.45) is 5.92 Å². The Labute approximate surface area is 119 Å². The molecule has 0 saturated heterocycles. The maximum Gasteiger partial charge on any atom is 0.142 e. The summed E-state index contributed by atoms with van der Waals surface area (Å²) in [4.78, 5) is 0. The van der Waals surface area contributed by atoms with E-state index in [9.17, 15) is 4.39 Å². The molecular formula is C14H20Cl2FN. The molecule has 0 heterocycles. The number of rotatable bonds is 5. The van der Waals surface area contributed by atoms with E-state index in [-0.39, 0.29) is 11.1 Å². The Bertz CT molecular complexity index is 407. The van der Waals surface area contributed by atoms with Crippen molar-refractivity contribution in [2.75, 3.05) is 0 Å². The average molecular weight is 292 g/mol. The van der Waals surface area contributed by atoms with E-state index in [1.165, 1.54) is 12.1 Å². The molecule has 0 aromatic heterocycles. The van der Waals surface area contributed by atoms with Crippen LogP contribution in [-0.4, -0.2) is 6.04 Å². The van der Waals surface area contributed by atoms with Crippen LogP contribution in [0.25, 0.3) is 0 Å². The van der Waals surface area contributed by atoms with E-state index in [1.807, 2.05) is 6.92 Å². The van der Waals surface area contributed by atoms with Crippen LogP contribution in [0.4, 0.5) is 4.39 Å². The highest BCUT2D eigenvalue weighted by Gasteiger charge is 2.15. The maximum absolute atomic E-state index is 13.4. The Morgan fingerprint density at radius 1 is 1.11 bits per heavy atom. The smallest absolute Gasteiger partial charge is 0.142 e. The third kappa shape index (κ3) is 4.42. The van der Waals surface area contributed by atoms with Crippen molar-refractivity contribution in [1.29, 1.82) is 0 Å². The highest BCUT2D eigenvalue weighted by atomic mass is 35.5. The molecule has 0 aliphatic rings. The van der Waals surface area contributed by atoms with Gasteiger partial charge in [-0.25, -0.2) is 4.39 Å². The number of hydrogen-bond donors (Lipinski definition) is 1. The fraction of sp³-hybridized carbons (Fsp3) is 0.571. The third-order valence-corrected chi connectivity index (χ3v) is 3.48. The van der Waals surface area contributed by atoms with Gasteiger partial charge >= 0.3 is 0 Å². The summed E-state index contributed by atoms with van der Waals surface area (Å²) in [6.45, 7) is 8.46. The van der Waals surface area contributed by atoms with Gasteiger partial charge in [0.1, 0.15) is 5.82 Å². The predicted molar refractivity (Wildman–Crippen MR) is 76.9 cm³/mol. The number of benzene rings is 1. The van der Waals surface area contributed by atoms with Crippen molar-refractivity contribution in [3.63, 3.8) is 0 Å². The summed E-state index contributed by atoms with van der Waals surface area (Å²) in [5, 5.41) is 3.98.